The standard InChI is InChI=1S/C33H37FN6O7/c1-17-22(15-37-28-27(17)40(8-9-44-28)31(43)47-33(5,6)7)21-12-19-13-24(38-29(41)45-20-10-18(11-20)14-35)36-16-23(19)26(25(21)34)39-30(42)46-32(2,3)4/h12-13,15-16,18,20H,8-11H2,1-7H3,(H,39,42)(H,36,38,41). The summed E-state index contributed by atoms with van der Waals surface area (Å²) < 4.78 is 38.7. The summed E-state index contributed by atoms with van der Waals surface area (Å²) in [6.45, 7) is 12.4. The van der Waals surface area contributed by atoms with Crippen LogP contribution >= 0.6 is 0 Å². The summed E-state index contributed by atoms with van der Waals surface area (Å²) in [5.74, 6) is -0.629. The van der Waals surface area contributed by atoms with E-state index in [-0.39, 0.29) is 53.5 Å². The number of fused-ring (bicyclic) bond motifs is 2. The topological polar surface area (TPSA) is 165 Å². The van der Waals surface area contributed by atoms with Gasteiger partial charge in [0, 0.05) is 41.7 Å². The van der Waals surface area contributed by atoms with Crippen LogP contribution < -0.4 is 20.3 Å². The quantitative estimate of drug-likeness (QED) is 0.279. The Kier molecular flexibility index (Phi) is 8.85. The predicted octanol–water partition coefficient (Wildman–Crippen LogP) is 7.08. The summed E-state index contributed by atoms with van der Waals surface area (Å²) in [5, 5.41) is 14.7. The average molecular weight is 649 g/mol. The number of anilines is 3. The number of rotatable bonds is 4. The third-order valence-corrected chi connectivity index (χ3v) is 7.37. The Balaban J connectivity index is 1.57. The van der Waals surface area contributed by atoms with Crippen molar-refractivity contribution in [1.29, 1.82) is 5.26 Å². The van der Waals surface area contributed by atoms with Crippen LogP contribution in [0.4, 0.5) is 36.0 Å². The fourth-order valence-electron chi connectivity index (χ4n) is 5.23. The highest BCUT2D eigenvalue weighted by Crippen LogP contribution is 2.42. The molecule has 1 aromatic carbocycles. The molecule has 14 heteroatoms. The van der Waals surface area contributed by atoms with Crippen LogP contribution in [0, 0.1) is 30.0 Å². The van der Waals surface area contributed by atoms with Crippen molar-refractivity contribution >= 4 is 46.2 Å². The minimum absolute atomic E-state index is 0.0443. The van der Waals surface area contributed by atoms with Crippen molar-refractivity contribution < 1.29 is 37.7 Å². The molecule has 1 saturated carbocycles. The van der Waals surface area contributed by atoms with Crippen molar-refractivity contribution in [2.75, 3.05) is 28.7 Å². The van der Waals surface area contributed by atoms with E-state index in [2.05, 4.69) is 26.7 Å². The summed E-state index contributed by atoms with van der Waals surface area (Å²) in [5.41, 5.74) is -0.651. The number of carbonyl (C=O) groups is 3. The number of hydrogen-bond acceptors (Lipinski definition) is 10. The third kappa shape index (κ3) is 7.45. The second kappa shape index (κ2) is 12.5. The Labute approximate surface area is 271 Å². The first kappa shape index (κ1) is 33.2. The van der Waals surface area contributed by atoms with Crippen molar-refractivity contribution in [3.63, 3.8) is 0 Å². The average Bonchev–Trinajstić information content (AvgIpc) is 2.94. The zero-order valence-corrected chi connectivity index (χ0v) is 27.3. The lowest BCUT2D eigenvalue weighted by atomic mass is 9.84. The number of pyridine rings is 2. The van der Waals surface area contributed by atoms with Gasteiger partial charge in [-0.1, -0.05) is 0 Å². The van der Waals surface area contributed by atoms with Gasteiger partial charge in [0.1, 0.15) is 35.4 Å². The largest absolute Gasteiger partial charge is 0.474 e. The summed E-state index contributed by atoms with van der Waals surface area (Å²) >= 11 is 0. The Morgan fingerprint density at radius 3 is 2.36 bits per heavy atom. The van der Waals surface area contributed by atoms with E-state index in [0.717, 1.165) is 0 Å². The van der Waals surface area contributed by atoms with Gasteiger partial charge in [0.2, 0.25) is 5.88 Å². The Hall–Kier alpha value is -5.19. The van der Waals surface area contributed by atoms with Crippen LogP contribution in [-0.2, 0) is 14.2 Å². The number of nitrogens with one attached hydrogen (secondary N) is 2. The zero-order chi connectivity index (χ0) is 34.3. The molecule has 2 aliphatic rings. The predicted molar refractivity (Wildman–Crippen MR) is 171 cm³/mol. The maximum absolute atomic E-state index is 16.6. The first-order valence-corrected chi connectivity index (χ1v) is 15.2. The minimum atomic E-state index is -0.887. The van der Waals surface area contributed by atoms with Gasteiger partial charge in [-0.2, -0.15) is 5.26 Å². The van der Waals surface area contributed by atoms with E-state index in [4.69, 9.17) is 24.2 Å². The van der Waals surface area contributed by atoms with Crippen molar-refractivity contribution in [2.24, 2.45) is 5.92 Å². The molecule has 13 nitrogen and oxygen atoms in total. The van der Waals surface area contributed by atoms with E-state index in [1.807, 2.05) is 0 Å². The van der Waals surface area contributed by atoms with Crippen LogP contribution in [0.5, 0.6) is 5.88 Å². The molecular weight excluding hydrogens is 611 g/mol. The number of ether oxygens (including phenoxy) is 4. The van der Waals surface area contributed by atoms with Crippen LogP contribution in [0.25, 0.3) is 21.9 Å². The fourth-order valence-corrected chi connectivity index (χ4v) is 5.23. The van der Waals surface area contributed by atoms with Gasteiger partial charge < -0.3 is 18.9 Å². The van der Waals surface area contributed by atoms with E-state index in [0.29, 0.717) is 35.0 Å². The highest BCUT2D eigenvalue weighted by Gasteiger charge is 2.34. The lowest BCUT2D eigenvalue weighted by Gasteiger charge is -2.32. The van der Waals surface area contributed by atoms with Crippen LogP contribution in [0.3, 0.4) is 0 Å². The fraction of sp³-hybridized carbons (Fsp3) is 0.455. The third-order valence-electron chi connectivity index (χ3n) is 7.37. The van der Waals surface area contributed by atoms with Crippen molar-refractivity contribution in [3.05, 3.63) is 35.9 Å². The summed E-state index contributed by atoms with van der Waals surface area (Å²) in [4.78, 5) is 48.6. The highest BCUT2D eigenvalue weighted by atomic mass is 19.1. The summed E-state index contributed by atoms with van der Waals surface area (Å²) in [6, 6.07) is 5.18. The molecule has 0 spiro atoms. The van der Waals surface area contributed by atoms with E-state index >= 15 is 4.39 Å². The first-order valence-electron chi connectivity index (χ1n) is 15.2. The molecule has 0 saturated heterocycles. The molecule has 3 amide bonds. The Bertz CT molecular complexity index is 1790. The lowest BCUT2D eigenvalue weighted by Crippen LogP contribution is -2.42. The second-order valence-corrected chi connectivity index (χ2v) is 13.4. The molecule has 0 atom stereocenters. The molecule has 3 heterocycles. The number of carbonyl (C=O) groups excluding carboxylic acids is 3. The molecule has 0 radical (unpaired) electrons. The number of benzene rings is 1. The molecule has 2 N–H and O–H groups in total. The van der Waals surface area contributed by atoms with Gasteiger partial charge >= 0.3 is 18.3 Å². The van der Waals surface area contributed by atoms with Gasteiger partial charge in [0.05, 0.1) is 24.2 Å². The normalized spacial score (nSPS) is 17.4. The van der Waals surface area contributed by atoms with Crippen molar-refractivity contribution in [1.82, 2.24) is 9.97 Å². The highest BCUT2D eigenvalue weighted by molar-refractivity contribution is 6.05. The number of hydrogen-bond donors (Lipinski definition) is 2. The van der Waals surface area contributed by atoms with Gasteiger partial charge in [0.15, 0.2) is 5.82 Å². The molecule has 0 bridgehead atoms. The summed E-state index contributed by atoms with van der Waals surface area (Å²) in [6.07, 6.45) is 1.06. The molecule has 1 aliphatic carbocycles. The number of nitriles is 1. The van der Waals surface area contributed by atoms with Gasteiger partial charge in [-0.25, -0.2) is 28.7 Å². The zero-order valence-electron chi connectivity index (χ0n) is 27.3. The van der Waals surface area contributed by atoms with Crippen LogP contribution in [0.15, 0.2) is 24.5 Å². The first-order chi connectivity index (χ1) is 22.0. The molecule has 0 unspecified atom stereocenters. The minimum Gasteiger partial charge on any atom is -0.474 e. The Morgan fingerprint density at radius 2 is 1.70 bits per heavy atom. The molecule has 5 rings (SSSR count). The van der Waals surface area contributed by atoms with E-state index in [1.165, 1.54) is 29.4 Å². The van der Waals surface area contributed by atoms with E-state index in [1.54, 1.807) is 48.5 Å². The van der Waals surface area contributed by atoms with Crippen LogP contribution in [0.1, 0.15) is 59.9 Å². The molecule has 1 aliphatic heterocycles. The molecule has 1 fully saturated rings. The Morgan fingerprint density at radius 1 is 1.00 bits per heavy atom. The van der Waals surface area contributed by atoms with Gasteiger partial charge in [-0.3, -0.25) is 15.5 Å². The smallest absolute Gasteiger partial charge is 0.415 e. The maximum Gasteiger partial charge on any atom is 0.415 e. The lowest BCUT2D eigenvalue weighted by molar-refractivity contribution is 0.0417. The van der Waals surface area contributed by atoms with Gasteiger partial charge in [-0.15, -0.1) is 0 Å². The molecule has 2 aromatic heterocycles. The van der Waals surface area contributed by atoms with Gasteiger partial charge in [-0.05, 0) is 71.5 Å². The number of aromatic nitrogens is 2. The number of nitrogens with zero attached hydrogens (tertiary/aromatic N) is 4. The SMILES string of the molecule is Cc1c(-c2cc3cc(NC(=O)OC4CC(C#N)C4)ncc3c(NC(=O)OC(C)(C)C)c2F)cnc2c1N(C(=O)OC(C)(C)C)CCO2. The van der Waals surface area contributed by atoms with E-state index in [9.17, 15) is 14.4 Å². The second-order valence-electron chi connectivity index (χ2n) is 13.4. The van der Waals surface area contributed by atoms with Gasteiger partial charge in [0.25, 0.3) is 0 Å². The van der Waals surface area contributed by atoms with Crippen molar-refractivity contribution in [3.8, 4) is 23.1 Å². The monoisotopic (exact) mass is 648 g/mol. The van der Waals surface area contributed by atoms with Crippen molar-refractivity contribution in [2.45, 2.75) is 78.6 Å². The number of halogens is 1. The maximum atomic E-state index is 16.6. The van der Waals surface area contributed by atoms with Crippen LogP contribution in [-0.4, -0.2) is 58.7 Å². The molecular formula is C33H37FN6O7. The number of amides is 3. The van der Waals surface area contributed by atoms with Crippen LogP contribution in [0.2, 0.25) is 0 Å². The molecule has 3 aromatic rings. The van der Waals surface area contributed by atoms with E-state index < -0.39 is 35.3 Å². The molecule has 47 heavy (non-hydrogen) atoms. The molecule has 248 valence electrons. The summed E-state index contributed by atoms with van der Waals surface area (Å²) in [7, 11) is 0.